The van der Waals surface area contributed by atoms with Gasteiger partial charge in [0.25, 0.3) is 0 Å². The average Bonchev–Trinajstić information content (AvgIpc) is 2.82. The molecule has 6 N–H and O–H groups in total. The summed E-state index contributed by atoms with van der Waals surface area (Å²) in [6, 6.07) is 0. The van der Waals surface area contributed by atoms with E-state index < -0.39 is 40.7 Å². The van der Waals surface area contributed by atoms with E-state index in [-0.39, 0.29) is 47.2 Å². The molecule has 5 aliphatic carbocycles. The Balaban J connectivity index is 1.72. The first-order chi connectivity index (χ1) is 16.6. The van der Waals surface area contributed by atoms with Crippen LogP contribution in [0, 0.1) is 50.2 Å². The van der Waals surface area contributed by atoms with Crippen molar-refractivity contribution in [1.82, 2.24) is 0 Å². The Labute approximate surface area is 216 Å². The quantitative estimate of drug-likeness (QED) is 0.320. The molecule has 0 spiro atoms. The predicted octanol–water partition coefficient (Wildman–Crippen LogP) is 3.03. The lowest BCUT2D eigenvalue weighted by Crippen LogP contribution is -2.76. The molecule has 0 aromatic rings. The SMILES string of the molecule is CC1(C)CCC2(CO)C(C1)C1=CCC3C4(C)CCC(O)C(C)(C)C4CC(O)C3(C)C1(CO)C(O)C2O. The maximum Gasteiger partial charge on any atom is 0.0927 e. The summed E-state index contributed by atoms with van der Waals surface area (Å²) >= 11 is 0. The van der Waals surface area contributed by atoms with Gasteiger partial charge < -0.3 is 30.6 Å². The Hall–Kier alpha value is -0.500. The molecule has 11 unspecified atom stereocenters. The maximum atomic E-state index is 12.0. The van der Waals surface area contributed by atoms with Crippen LogP contribution >= 0.6 is 0 Å². The first-order valence-corrected chi connectivity index (χ1v) is 14.2. The van der Waals surface area contributed by atoms with Gasteiger partial charge in [0, 0.05) is 10.8 Å². The van der Waals surface area contributed by atoms with Crippen molar-refractivity contribution in [3.63, 3.8) is 0 Å². The minimum Gasteiger partial charge on any atom is -0.396 e. The van der Waals surface area contributed by atoms with Crippen molar-refractivity contribution in [3.05, 3.63) is 11.6 Å². The second kappa shape index (κ2) is 8.02. The van der Waals surface area contributed by atoms with Gasteiger partial charge in [-0.1, -0.05) is 53.2 Å². The third-order valence-electron chi connectivity index (χ3n) is 13.3. The smallest absolute Gasteiger partial charge is 0.0927 e. The predicted molar refractivity (Wildman–Crippen MR) is 138 cm³/mol. The van der Waals surface area contributed by atoms with E-state index in [1.165, 1.54) is 0 Å². The molecule has 0 heterocycles. The molecule has 0 bridgehead atoms. The first-order valence-electron chi connectivity index (χ1n) is 14.2. The van der Waals surface area contributed by atoms with Crippen LogP contribution in [-0.4, -0.2) is 68.3 Å². The van der Waals surface area contributed by atoms with Gasteiger partial charge in [0.2, 0.25) is 0 Å². The molecule has 0 aliphatic heterocycles. The van der Waals surface area contributed by atoms with E-state index in [4.69, 9.17) is 0 Å². The van der Waals surface area contributed by atoms with Crippen LogP contribution in [0.1, 0.15) is 86.5 Å². The number of rotatable bonds is 2. The monoisotopic (exact) mass is 506 g/mol. The minimum atomic E-state index is -1.29. The zero-order valence-electron chi connectivity index (χ0n) is 23.2. The van der Waals surface area contributed by atoms with Crippen LogP contribution in [-0.2, 0) is 0 Å². The van der Waals surface area contributed by atoms with E-state index in [1.807, 2.05) is 6.92 Å². The molecule has 4 fully saturated rings. The highest BCUT2D eigenvalue weighted by atomic mass is 16.3. The third kappa shape index (κ3) is 2.95. The third-order valence-corrected chi connectivity index (χ3v) is 13.3. The standard InChI is InChI=1S/C30H50O6/c1-25(2)11-12-29(15-31)18(14-25)17-7-8-19-27(5)10-9-21(33)26(3,4)20(27)13-22(34)28(19,6)30(17,16-32)24(36)23(29)35/h7,18-24,31-36H,8-16H2,1-6H3. The van der Waals surface area contributed by atoms with Crippen molar-refractivity contribution in [1.29, 1.82) is 0 Å². The van der Waals surface area contributed by atoms with Crippen LogP contribution in [0.5, 0.6) is 0 Å². The molecule has 11 atom stereocenters. The highest BCUT2D eigenvalue weighted by Gasteiger charge is 2.76. The van der Waals surface area contributed by atoms with Gasteiger partial charge in [-0.05, 0) is 78.9 Å². The van der Waals surface area contributed by atoms with Crippen LogP contribution < -0.4 is 0 Å². The fourth-order valence-electron chi connectivity index (χ4n) is 10.9. The van der Waals surface area contributed by atoms with Gasteiger partial charge in [-0.15, -0.1) is 0 Å². The topological polar surface area (TPSA) is 121 Å². The molecule has 4 saturated carbocycles. The van der Waals surface area contributed by atoms with Gasteiger partial charge in [-0.3, -0.25) is 0 Å². The first kappa shape index (κ1) is 27.1. The summed E-state index contributed by atoms with van der Waals surface area (Å²) in [5.74, 6) is -0.0956. The minimum absolute atomic E-state index is 0.0108. The van der Waals surface area contributed by atoms with Crippen molar-refractivity contribution in [2.24, 2.45) is 50.2 Å². The van der Waals surface area contributed by atoms with Gasteiger partial charge in [0.1, 0.15) is 0 Å². The summed E-state index contributed by atoms with van der Waals surface area (Å²) in [4.78, 5) is 0. The van der Waals surface area contributed by atoms with Gasteiger partial charge in [-0.25, -0.2) is 0 Å². The molecule has 0 radical (unpaired) electrons. The van der Waals surface area contributed by atoms with E-state index in [0.717, 1.165) is 31.3 Å². The Bertz CT molecular complexity index is 928. The fraction of sp³-hybridized carbons (Fsp3) is 0.933. The number of hydrogen-bond acceptors (Lipinski definition) is 6. The van der Waals surface area contributed by atoms with E-state index >= 15 is 0 Å². The fourth-order valence-corrected chi connectivity index (χ4v) is 10.9. The average molecular weight is 507 g/mol. The Morgan fingerprint density at radius 3 is 2.08 bits per heavy atom. The van der Waals surface area contributed by atoms with Crippen molar-refractivity contribution < 1.29 is 30.6 Å². The van der Waals surface area contributed by atoms with Gasteiger partial charge in [0.15, 0.2) is 0 Å². The van der Waals surface area contributed by atoms with Crippen LogP contribution in [0.2, 0.25) is 0 Å². The molecule has 5 aliphatic rings. The second-order valence-corrected chi connectivity index (χ2v) is 15.2. The van der Waals surface area contributed by atoms with Crippen molar-refractivity contribution in [2.45, 2.75) is 111 Å². The van der Waals surface area contributed by atoms with Gasteiger partial charge in [-0.2, -0.15) is 0 Å². The normalized spacial score (nSPS) is 55.4. The van der Waals surface area contributed by atoms with Crippen LogP contribution in [0.4, 0.5) is 0 Å². The number of fused-ring (bicyclic) bond motifs is 7. The Kier molecular flexibility index (Phi) is 6.03. The molecule has 6 nitrogen and oxygen atoms in total. The molecule has 0 amide bonds. The van der Waals surface area contributed by atoms with Crippen LogP contribution in [0.3, 0.4) is 0 Å². The van der Waals surface area contributed by atoms with Crippen molar-refractivity contribution in [2.75, 3.05) is 13.2 Å². The summed E-state index contributed by atoms with van der Waals surface area (Å²) in [6.45, 7) is 12.4. The highest BCUT2D eigenvalue weighted by Crippen LogP contribution is 2.75. The lowest BCUT2D eigenvalue weighted by molar-refractivity contribution is -0.292. The molecular formula is C30H50O6. The summed E-state index contributed by atoms with van der Waals surface area (Å²) in [7, 11) is 0. The van der Waals surface area contributed by atoms with Crippen LogP contribution in [0.15, 0.2) is 11.6 Å². The summed E-state index contributed by atoms with van der Waals surface area (Å²) in [5.41, 5.74) is -2.49. The summed E-state index contributed by atoms with van der Waals surface area (Å²) < 4.78 is 0. The highest BCUT2D eigenvalue weighted by molar-refractivity contribution is 5.39. The number of aliphatic hydroxyl groups is 6. The van der Waals surface area contributed by atoms with Crippen molar-refractivity contribution >= 4 is 0 Å². The molecule has 6 heteroatoms. The van der Waals surface area contributed by atoms with E-state index in [9.17, 15) is 30.6 Å². The molecule has 0 aromatic carbocycles. The second-order valence-electron chi connectivity index (χ2n) is 15.2. The molecular weight excluding hydrogens is 456 g/mol. The zero-order valence-corrected chi connectivity index (χ0v) is 23.2. The lowest BCUT2D eigenvalue weighted by atomic mass is 9.32. The largest absolute Gasteiger partial charge is 0.396 e. The van der Waals surface area contributed by atoms with Crippen molar-refractivity contribution in [3.8, 4) is 0 Å². The number of hydrogen-bond donors (Lipinski definition) is 6. The Morgan fingerprint density at radius 2 is 1.47 bits per heavy atom. The lowest BCUT2D eigenvalue weighted by Gasteiger charge is -2.74. The summed E-state index contributed by atoms with van der Waals surface area (Å²) in [6.07, 6.45) is 3.49. The molecule has 206 valence electrons. The number of allylic oxidation sites excluding steroid dienone is 1. The molecule has 0 saturated heterocycles. The van der Waals surface area contributed by atoms with E-state index in [2.05, 4.69) is 40.7 Å². The number of aliphatic hydroxyl groups excluding tert-OH is 6. The zero-order chi connectivity index (χ0) is 26.7. The van der Waals surface area contributed by atoms with E-state index in [1.54, 1.807) is 0 Å². The maximum absolute atomic E-state index is 12.0. The van der Waals surface area contributed by atoms with Gasteiger partial charge >= 0.3 is 0 Å². The van der Waals surface area contributed by atoms with Gasteiger partial charge in [0.05, 0.1) is 43.0 Å². The molecule has 36 heavy (non-hydrogen) atoms. The summed E-state index contributed by atoms with van der Waals surface area (Å²) in [5, 5.41) is 68.7. The molecule has 0 aromatic heterocycles. The Morgan fingerprint density at radius 1 is 0.806 bits per heavy atom. The van der Waals surface area contributed by atoms with E-state index in [0.29, 0.717) is 19.3 Å². The van der Waals surface area contributed by atoms with Crippen LogP contribution in [0.25, 0.3) is 0 Å². The molecule has 5 rings (SSSR count).